The molecule has 0 unspecified atom stereocenters. The average molecular weight is 398 g/mol. The Labute approximate surface area is 165 Å². The predicted molar refractivity (Wildman–Crippen MR) is 103 cm³/mol. The Morgan fingerprint density at radius 2 is 2.19 bits per heavy atom. The molecule has 1 saturated heterocycles. The second kappa shape index (κ2) is 11.3. The van der Waals surface area contributed by atoms with Crippen LogP contribution in [0.15, 0.2) is 24.3 Å². The minimum atomic E-state index is -0.971. The number of amides is 1. The third-order valence-corrected chi connectivity index (χ3v) is 5.04. The van der Waals surface area contributed by atoms with Gasteiger partial charge in [-0.15, -0.1) is 0 Å². The molecule has 1 aromatic carbocycles. The van der Waals surface area contributed by atoms with Gasteiger partial charge in [0.2, 0.25) is 5.91 Å². The predicted octanol–water partition coefficient (Wildman–Crippen LogP) is 2.90. The van der Waals surface area contributed by atoms with E-state index in [0.29, 0.717) is 37.4 Å². The van der Waals surface area contributed by atoms with E-state index in [1.807, 2.05) is 29.2 Å². The number of aliphatic carboxylic acids is 1. The molecule has 1 fully saturated rings. The first kappa shape index (κ1) is 21.7. The molecule has 1 aromatic rings. The van der Waals surface area contributed by atoms with E-state index in [2.05, 4.69) is 0 Å². The van der Waals surface area contributed by atoms with E-state index in [0.717, 1.165) is 31.2 Å². The van der Waals surface area contributed by atoms with E-state index >= 15 is 0 Å². The summed E-state index contributed by atoms with van der Waals surface area (Å²) in [6, 6.07) is 7.68. The fourth-order valence-electron chi connectivity index (χ4n) is 3.47. The van der Waals surface area contributed by atoms with E-state index < -0.39 is 12.1 Å². The van der Waals surface area contributed by atoms with Gasteiger partial charge in [0.05, 0.1) is 6.10 Å². The largest absolute Gasteiger partial charge is 0.480 e. The Kier molecular flexibility index (Phi) is 9.04. The fourth-order valence-corrected chi connectivity index (χ4v) is 3.68. The average Bonchev–Trinajstić information content (AvgIpc) is 2.96. The molecule has 7 heteroatoms. The van der Waals surface area contributed by atoms with Gasteiger partial charge in [-0.2, -0.15) is 0 Å². The van der Waals surface area contributed by atoms with Gasteiger partial charge in [-0.3, -0.25) is 4.79 Å². The molecule has 1 amide bonds. The summed E-state index contributed by atoms with van der Waals surface area (Å²) in [6.45, 7) is 0.761. The van der Waals surface area contributed by atoms with Gasteiger partial charge in [-0.1, -0.05) is 23.7 Å². The number of halogens is 1. The number of carbonyl (C=O) groups is 2. The Morgan fingerprint density at radius 3 is 2.93 bits per heavy atom. The van der Waals surface area contributed by atoms with Gasteiger partial charge in [-0.25, -0.2) is 4.79 Å². The van der Waals surface area contributed by atoms with Gasteiger partial charge in [-0.05, 0) is 56.2 Å². The summed E-state index contributed by atoms with van der Waals surface area (Å²) < 4.78 is 5.01. The summed E-state index contributed by atoms with van der Waals surface area (Å²) in [7, 11) is 0. The maximum Gasteiger partial charge on any atom is 0.329 e. The second-order valence-corrected chi connectivity index (χ2v) is 7.43. The highest BCUT2D eigenvalue weighted by Gasteiger charge is 2.30. The molecule has 0 spiro atoms. The van der Waals surface area contributed by atoms with Crippen LogP contribution < -0.4 is 0 Å². The van der Waals surface area contributed by atoms with E-state index in [9.17, 15) is 14.7 Å². The van der Waals surface area contributed by atoms with Crippen molar-refractivity contribution in [1.82, 2.24) is 4.90 Å². The third-order valence-electron chi connectivity index (χ3n) is 4.81. The number of ether oxygens (including phenoxy) is 1. The van der Waals surface area contributed by atoms with Crippen molar-refractivity contribution < 1.29 is 24.5 Å². The van der Waals surface area contributed by atoms with Gasteiger partial charge < -0.3 is 19.8 Å². The summed E-state index contributed by atoms with van der Waals surface area (Å²) in [5, 5.41) is 19.5. The molecule has 2 atom stereocenters. The van der Waals surface area contributed by atoms with Gasteiger partial charge in [0.15, 0.2) is 0 Å². The van der Waals surface area contributed by atoms with Crippen molar-refractivity contribution in [2.75, 3.05) is 19.8 Å². The van der Waals surface area contributed by atoms with Gasteiger partial charge in [0.25, 0.3) is 0 Å². The Morgan fingerprint density at radius 1 is 1.37 bits per heavy atom. The lowest BCUT2D eigenvalue weighted by Crippen LogP contribution is -2.34. The minimum Gasteiger partial charge on any atom is -0.480 e. The van der Waals surface area contributed by atoms with Crippen LogP contribution in [0.25, 0.3) is 0 Å². The lowest BCUT2D eigenvalue weighted by molar-refractivity contribution is -0.142. The highest BCUT2D eigenvalue weighted by atomic mass is 35.5. The van der Waals surface area contributed by atoms with Crippen molar-refractivity contribution in [3.05, 3.63) is 34.9 Å². The topological polar surface area (TPSA) is 87.1 Å². The highest BCUT2D eigenvalue weighted by molar-refractivity contribution is 6.30. The SMILES string of the molecule is O=C(O)COCCCCN1C(=O)CC[C@@H]1CC[C@@H](O)Cc1cccc(Cl)c1. The number of hydrogen-bond acceptors (Lipinski definition) is 4. The minimum absolute atomic E-state index is 0.163. The first-order chi connectivity index (χ1) is 13.0. The first-order valence-electron chi connectivity index (χ1n) is 9.47. The lowest BCUT2D eigenvalue weighted by atomic mass is 10.0. The third kappa shape index (κ3) is 7.87. The summed E-state index contributed by atoms with van der Waals surface area (Å²) >= 11 is 5.98. The number of benzene rings is 1. The number of unbranched alkanes of at least 4 members (excludes halogenated alkanes) is 1. The maximum atomic E-state index is 12.1. The number of nitrogens with zero attached hydrogens (tertiary/aromatic N) is 1. The monoisotopic (exact) mass is 397 g/mol. The molecule has 1 aliphatic heterocycles. The number of carbonyl (C=O) groups excluding carboxylic acids is 1. The molecule has 27 heavy (non-hydrogen) atoms. The van der Waals surface area contributed by atoms with Crippen LogP contribution >= 0.6 is 11.6 Å². The Balaban J connectivity index is 1.69. The molecule has 2 rings (SSSR count). The van der Waals surface area contributed by atoms with Crippen LogP contribution in [0.4, 0.5) is 0 Å². The van der Waals surface area contributed by atoms with Gasteiger partial charge in [0.1, 0.15) is 6.61 Å². The number of rotatable bonds is 12. The zero-order valence-corrected chi connectivity index (χ0v) is 16.2. The summed E-state index contributed by atoms with van der Waals surface area (Å²) in [5.74, 6) is -0.808. The van der Waals surface area contributed by atoms with Crippen LogP contribution in [0, 0.1) is 0 Å². The summed E-state index contributed by atoms with van der Waals surface area (Å²) in [6.07, 6.45) is 4.43. The Hall–Kier alpha value is -1.63. The lowest BCUT2D eigenvalue weighted by Gasteiger charge is -2.25. The van der Waals surface area contributed by atoms with Crippen LogP contribution in [0.1, 0.15) is 44.1 Å². The van der Waals surface area contributed by atoms with Crippen molar-refractivity contribution in [2.24, 2.45) is 0 Å². The Bertz CT molecular complexity index is 624. The van der Waals surface area contributed by atoms with Crippen molar-refractivity contribution in [1.29, 1.82) is 0 Å². The molecule has 6 nitrogen and oxygen atoms in total. The number of likely N-dealkylation sites (tertiary alicyclic amines) is 1. The molecule has 0 saturated carbocycles. The zero-order chi connectivity index (χ0) is 19.6. The molecule has 2 N–H and O–H groups in total. The standard InChI is InChI=1S/C20H28ClNO5/c21-16-5-3-4-15(12-16)13-18(23)8-6-17-7-9-19(24)22(17)10-1-2-11-27-14-20(25)26/h3-5,12,17-18,23H,1-2,6-11,13-14H2,(H,25,26)/t17-,18+/m0/s1. The van der Waals surface area contributed by atoms with Crippen LogP contribution in [-0.2, 0) is 20.7 Å². The first-order valence-corrected chi connectivity index (χ1v) is 9.85. The van der Waals surface area contributed by atoms with Gasteiger partial charge in [0, 0.05) is 30.6 Å². The van der Waals surface area contributed by atoms with Crippen LogP contribution in [0.3, 0.4) is 0 Å². The number of carboxylic acid groups (broad SMARTS) is 1. The normalized spacial score (nSPS) is 18.1. The zero-order valence-electron chi connectivity index (χ0n) is 15.5. The smallest absolute Gasteiger partial charge is 0.329 e. The van der Waals surface area contributed by atoms with Crippen molar-refractivity contribution in [3.63, 3.8) is 0 Å². The molecule has 0 aromatic heterocycles. The molecule has 1 aliphatic rings. The molecule has 0 aliphatic carbocycles. The summed E-state index contributed by atoms with van der Waals surface area (Å²) in [5.41, 5.74) is 1.01. The second-order valence-electron chi connectivity index (χ2n) is 7.00. The number of aliphatic hydroxyl groups is 1. The molecular formula is C20H28ClNO5. The number of aliphatic hydroxyl groups excluding tert-OH is 1. The molecule has 0 radical (unpaired) electrons. The highest BCUT2D eigenvalue weighted by Crippen LogP contribution is 2.24. The van der Waals surface area contributed by atoms with Crippen LogP contribution in [0.2, 0.25) is 5.02 Å². The molecule has 1 heterocycles. The van der Waals surface area contributed by atoms with Crippen LogP contribution in [0.5, 0.6) is 0 Å². The van der Waals surface area contributed by atoms with E-state index in [1.165, 1.54) is 0 Å². The van der Waals surface area contributed by atoms with E-state index in [4.69, 9.17) is 21.4 Å². The fraction of sp³-hybridized carbons (Fsp3) is 0.600. The summed E-state index contributed by atoms with van der Waals surface area (Å²) in [4.78, 5) is 24.4. The molecule has 0 bridgehead atoms. The van der Waals surface area contributed by atoms with Gasteiger partial charge >= 0.3 is 5.97 Å². The van der Waals surface area contributed by atoms with E-state index in [1.54, 1.807) is 0 Å². The van der Waals surface area contributed by atoms with Crippen molar-refractivity contribution in [2.45, 2.75) is 57.1 Å². The van der Waals surface area contributed by atoms with E-state index in [-0.39, 0.29) is 18.6 Å². The van der Waals surface area contributed by atoms with Crippen molar-refractivity contribution in [3.8, 4) is 0 Å². The van der Waals surface area contributed by atoms with Crippen molar-refractivity contribution >= 4 is 23.5 Å². The van der Waals surface area contributed by atoms with Crippen LogP contribution in [-0.4, -0.2) is 58.9 Å². The maximum absolute atomic E-state index is 12.1. The number of hydrogen-bond donors (Lipinski definition) is 2. The molecular weight excluding hydrogens is 370 g/mol. The number of carboxylic acids is 1. The molecule has 150 valence electrons. The quantitative estimate of drug-likeness (QED) is 0.529.